The Morgan fingerprint density at radius 3 is 2.74 bits per heavy atom. The van der Waals surface area contributed by atoms with Crippen LogP contribution < -0.4 is 0 Å². The predicted octanol–water partition coefficient (Wildman–Crippen LogP) is 2.51. The lowest BCUT2D eigenvalue weighted by atomic mass is 9.96. The SMILES string of the molecule is CCN1CCC(n2c(C3CCN(C)CC3)nc3cccnc32)C1. The molecule has 23 heavy (non-hydrogen) atoms. The molecule has 124 valence electrons. The number of hydrogen-bond acceptors (Lipinski definition) is 4. The van der Waals surface area contributed by atoms with E-state index in [0.29, 0.717) is 12.0 Å². The highest BCUT2D eigenvalue weighted by molar-refractivity contribution is 5.71. The van der Waals surface area contributed by atoms with E-state index in [1.165, 1.54) is 44.7 Å². The van der Waals surface area contributed by atoms with Crippen LogP contribution in [0.15, 0.2) is 18.3 Å². The quantitative estimate of drug-likeness (QED) is 0.872. The number of piperidine rings is 1. The van der Waals surface area contributed by atoms with Crippen LogP contribution in [0.5, 0.6) is 0 Å². The van der Waals surface area contributed by atoms with E-state index in [1.54, 1.807) is 0 Å². The van der Waals surface area contributed by atoms with E-state index >= 15 is 0 Å². The number of pyridine rings is 1. The van der Waals surface area contributed by atoms with Crippen LogP contribution in [0.25, 0.3) is 11.2 Å². The first-order valence-electron chi connectivity index (χ1n) is 9.00. The van der Waals surface area contributed by atoms with Crippen LogP contribution in [-0.2, 0) is 0 Å². The summed E-state index contributed by atoms with van der Waals surface area (Å²) in [5, 5.41) is 0. The molecular weight excluding hydrogens is 286 g/mol. The largest absolute Gasteiger partial charge is 0.308 e. The standard InChI is InChI=1S/C18H27N5/c1-3-22-12-8-15(13-22)23-17(14-6-10-21(2)11-7-14)20-16-5-4-9-19-18(16)23/h4-5,9,14-15H,3,6-8,10-13H2,1-2H3. The van der Waals surface area contributed by atoms with Gasteiger partial charge in [-0.2, -0.15) is 0 Å². The summed E-state index contributed by atoms with van der Waals surface area (Å²) in [6.45, 7) is 8.07. The van der Waals surface area contributed by atoms with E-state index < -0.39 is 0 Å². The van der Waals surface area contributed by atoms with Crippen LogP contribution in [0.2, 0.25) is 0 Å². The maximum Gasteiger partial charge on any atom is 0.160 e. The van der Waals surface area contributed by atoms with Crippen molar-refractivity contribution in [2.75, 3.05) is 39.8 Å². The smallest absolute Gasteiger partial charge is 0.160 e. The van der Waals surface area contributed by atoms with Gasteiger partial charge in [0.15, 0.2) is 5.65 Å². The third-order valence-corrected chi connectivity index (χ3v) is 5.62. The number of rotatable bonds is 3. The van der Waals surface area contributed by atoms with E-state index in [4.69, 9.17) is 4.98 Å². The summed E-state index contributed by atoms with van der Waals surface area (Å²) in [6.07, 6.45) is 5.55. The van der Waals surface area contributed by atoms with Crippen LogP contribution in [-0.4, -0.2) is 64.1 Å². The molecule has 5 heteroatoms. The molecule has 2 saturated heterocycles. The number of fused-ring (bicyclic) bond motifs is 1. The molecular formula is C18H27N5. The fraction of sp³-hybridized carbons (Fsp3) is 0.667. The minimum absolute atomic E-state index is 0.532. The molecule has 2 aliphatic heterocycles. The van der Waals surface area contributed by atoms with Crippen molar-refractivity contribution in [1.29, 1.82) is 0 Å². The van der Waals surface area contributed by atoms with Gasteiger partial charge >= 0.3 is 0 Å². The van der Waals surface area contributed by atoms with Gasteiger partial charge in [0.05, 0.1) is 6.04 Å². The van der Waals surface area contributed by atoms with E-state index in [1.807, 2.05) is 12.3 Å². The molecule has 0 aliphatic carbocycles. The zero-order chi connectivity index (χ0) is 15.8. The highest BCUT2D eigenvalue weighted by atomic mass is 15.2. The average Bonchev–Trinajstić information content (AvgIpc) is 3.19. The Labute approximate surface area is 138 Å². The van der Waals surface area contributed by atoms with E-state index in [2.05, 4.69) is 39.4 Å². The lowest BCUT2D eigenvalue weighted by Gasteiger charge is -2.30. The lowest BCUT2D eigenvalue weighted by Crippen LogP contribution is -2.31. The number of aromatic nitrogens is 3. The molecule has 1 unspecified atom stereocenters. The van der Waals surface area contributed by atoms with Gasteiger partial charge in [0.25, 0.3) is 0 Å². The van der Waals surface area contributed by atoms with Crippen molar-refractivity contribution < 1.29 is 0 Å². The molecule has 5 nitrogen and oxygen atoms in total. The van der Waals surface area contributed by atoms with Crippen molar-refractivity contribution in [2.45, 2.75) is 38.1 Å². The Balaban J connectivity index is 1.73. The zero-order valence-electron chi connectivity index (χ0n) is 14.3. The van der Waals surface area contributed by atoms with Crippen molar-refractivity contribution in [2.24, 2.45) is 0 Å². The average molecular weight is 313 g/mol. The van der Waals surface area contributed by atoms with E-state index in [0.717, 1.165) is 24.3 Å². The summed E-state index contributed by atoms with van der Waals surface area (Å²) >= 11 is 0. The normalized spacial score (nSPS) is 24.7. The predicted molar refractivity (Wildman–Crippen MR) is 92.8 cm³/mol. The summed E-state index contributed by atoms with van der Waals surface area (Å²) < 4.78 is 2.49. The zero-order valence-corrected chi connectivity index (χ0v) is 14.3. The molecule has 2 aromatic rings. The Morgan fingerprint density at radius 2 is 2.00 bits per heavy atom. The van der Waals surface area contributed by atoms with Gasteiger partial charge in [0.1, 0.15) is 11.3 Å². The van der Waals surface area contributed by atoms with Crippen LogP contribution in [0.4, 0.5) is 0 Å². The lowest BCUT2D eigenvalue weighted by molar-refractivity contribution is 0.246. The summed E-state index contributed by atoms with van der Waals surface area (Å²) in [4.78, 5) is 14.7. The van der Waals surface area contributed by atoms with Crippen molar-refractivity contribution in [3.8, 4) is 0 Å². The molecule has 0 spiro atoms. The summed E-state index contributed by atoms with van der Waals surface area (Å²) in [6, 6.07) is 4.65. The maximum absolute atomic E-state index is 5.02. The second kappa shape index (κ2) is 6.21. The first-order chi connectivity index (χ1) is 11.3. The summed E-state index contributed by atoms with van der Waals surface area (Å²) in [5.74, 6) is 1.87. The van der Waals surface area contributed by atoms with Crippen LogP contribution in [0, 0.1) is 0 Å². The molecule has 0 radical (unpaired) electrons. The first kappa shape index (κ1) is 15.1. The van der Waals surface area contributed by atoms with Gasteiger partial charge in [0.2, 0.25) is 0 Å². The molecule has 2 fully saturated rings. The van der Waals surface area contributed by atoms with Crippen LogP contribution in [0.1, 0.15) is 44.0 Å². The number of nitrogens with zero attached hydrogens (tertiary/aromatic N) is 5. The topological polar surface area (TPSA) is 37.2 Å². The van der Waals surface area contributed by atoms with Crippen LogP contribution in [0.3, 0.4) is 0 Å². The van der Waals surface area contributed by atoms with Crippen LogP contribution >= 0.6 is 0 Å². The summed E-state index contributed by atoms with van der Waals surface area (Å²) in [5.41, 5.74) is 2.15. The highest BCUT2D eigenvalue weighted by Gasteiger charge is 2.31. The van der Waals surface area contributed by atoms with Gasteiger partial charge in [-0.3, -0.25) is 0 Å². The molecule has 0 bridgehead atoms. The van der Waals surface area contributed by atoms with Crippen molar-refractivity contribution in [1.82, 2.24) is 24.3 Å². The number of likely N-dealkylation sites (tertiary alicyclic amines) is 2. The molecule has 0 amide bonds. The molecule has 1 atom stereocenters. The Kier molecular flexibility index (Phi) is 4.07. The monoisotopic (exact) mass is 313 g/mol. The highest BCUT2D eigenvalue weighted by Crippen LogP contribution is 2.34. The van der Waals surface area contributed by atoms with Gasteiger partial charge in [-0.05, 0) is 58.1 Å². The molecule has 2 aliphatic rings. The Bertz CT molecular complexity index is 671. The third-order valence-electron chi connectivity index (χ3n) is 5.62. The fourth-order valence-corrected chi connectivity index (χ4v) is 4.17. The van der Waals surface area contributed by atoms with Gasteiger partial charge in [-0.15, -0.1) is 0 Å². The molecule has 2 aromatic heterocycles. The second-order valence-corrected chi connectivity index (χ2v) is 7.10. The first-order valence-corrected chi connectivity index (χ1v) is 9.00. The third kappa shape index (κ3) is 2.76. The Morgan fingerprint density at radius 1 is 1.17 bits per heavy atom. The van der Waals surface area contributed by atoms with Crippen molar-refractivity contribution in [3.63, 3.8) is 0 Å². The van der Waals surface area contributed by atoms with Gasteiger partial charge in [-0.1, -0.05) is 6.92 Å². The van der Waals surface area contributed by atoms with Gasteiger partial charge in [-0.25, -0.2) is 9.97 Å². The molecule has 0 N–H and O–H groups in total. The van der Waals surface area contributed by atoms with E-state index in [9.17, 15) is 0 Å². The van der Waals surface area contributed by atoms with Gasteiger partial charge < -0.3 is 14.4 Å². The number of imidazole rings is 1. The fourth-order valence-electron chi connectivity index (χ4n) is 4.17. The minimum atomic E-state index is 0.532. The minimum Gasteiger partial charge on any atom is -0.308 e. The number of likely N-dealkylation sites (N-methyl/N-ethyl adjacent to an activating group) is 1. The molecule has 4 rings (SSSR count). The molecule has 0 saturated carbocycles. The molecule has 4 heterocycles. The summed E-state index contributed by atoms with van der Waals surface area (Å²) in [7, 11) is 2.22. The maximum atomic E-state index is 5.02. The van der Waals surface area contributed by atoms with Crippen molar-refractivity contribution in [3.05, 3.63) is 24.2 Å². The van der Waals surface area contributed by atoms with Crippen molar-refractivity contribution >= 4 is 11.2 Å². The Hall–Kier alpha value is -1.46. The molecule has 0 aromatic carbocycles. The van der Waals surface area contributed by atoms with Gasteiger partial charge in [0, 0.05) is 25.2 Å². The number of hydrogen-bond donors (Lipinski definition) is 0. The second-order valence-electron chi connectivity index (χ2n) is 7.10. The van der Waals surface area contributed by atoms with E-state index in [-0.39, 0.29) is 0 Å².